The van der Waals surface area contributed by atoms with Crippen LogP contribution in [0.25, 0.3) is 0 Å². The van der Waals surface area contributed by atoms with Crippen LogP contribution in [0.5, 0.6) is 5.75 Å². The second-order valence-electron chi connectivity index (χ2n) is 6.27. The average Bonchev–Trinajstić information content (AvgIpc) is 2.54. The first-order chi connectivity index (χ1) is 11.8. The molecule has 2 heterocycles. The van der Waals surface area contributed by atoms with Crippen molar-refractivity contribution in [2.24, 2.45) is 0 Å². The number of anilines is 1. The van der Waals surface area contributed by atoms with Gasteiger partial charge in [0, 0.05) is 24.8 Å². The molecule has 7 heteroatoms. The molecule has 0 radical (unpaired) electrons. The molecule has 0 spiro atoms. The number of hydrogen-bond acceptors (Lipinski definition) is 5. The van der Waals surface area contributed by atoms with Gasteiger partial charge in [0.1, 0.15) is 11.3 Å². The predicted octanol–water partition coefficient (Wildman–Crippen LogP) is 1.94. The summed E-state index contributed by atoms with van der Waals surface area (Å²) in [6.07, 6.45) is 4.78. The van der Waals surface area contributed by atoms with Gasteiger partial charge in [0.2, 0.25) is 0 Å². The van der Waals surface area contributed by atoms with Crippen molar-refractivity contribution in [2.45, 2.75) is 19.9 Å². The van der Waals surface area contributed by atoms with E-state index in [0.29, 0.717) is 23.5 Å². The smallest absolute Gasteiger partial charge is 0.263 e. The van der Waals surface area contributed by atoms with Crippen molar-refractivity contribution >= 4 is 11.6 Å². The Bertz CT molecular complexity index is 814. The summed E-state index contributed by atoms with van der Waals surface area (Å²) < 4.78 is 6.68. The molecular weight excluding hydrogens is 320 g/mol. The number of methoxy groups -OCH3 is 1. The summed E-state index contributed by atoms with van der Waals surface area (Å²) in [6, 6.07) is 3.39. The van der Waals surface area contributed by atoms with Crippen LogP contribution in [-0.2, 0) is 0 Å². The number of amides is 1. The summed E-state index contributed by atoms with van der Waals surface area (Å²) in [6.45, 7) is 4.40. The average molecular weight is 344 g/mol. The Kier molecular flexibility index (Phi) is 5.93. The minimum absolute atomic E-state index is 0.0480. The van der Waals surface area contributed by atoms with E-state index in [4.69, 9.17) is 4.74 Å². The Balaban J connectivity index is 2.34. The van der Waals surface area contributed by atoms with Gasteiger partial charge >= 0.3 is 0 Å². The fraction of sp³-hybridized carbons (Fsp3) is 0.389. The van der Waals surface area contributed by atoms with Gasteiger partial charge in [0.15, 0.2) is 0 Å². The number of carbonyl (C=O) groups is 1. The lowest BCUT2D eigenvalue weighted by Gasteiger charge is -2.20. The van der Waals surface area contributed by atoms with Crippen molar-refractivity contribution in [3.63, 3.8) is 0 Å². The molecule has 1 atom stereocenters. The van der Waals surface area contributed by atoms with Crippen LogP contribution in [0.3, 0.4) is 0 Å². The zero-order chi connectivity index (χ0) is 18.6. The third-order valence-electron chi connectivity index (χ3n) is 3.87. The van der Waals surface area contributed by atoms with E-state index in [1.807, 2.05) is 25.9 Å². The van der Waals surface area contributed by atoms with Crippen LogP contribution < -0.4 is 15.6 Å². The summed E-state index contributed by atoms with van der Waals surface area (Å²) in [5.74, 6) is 0.0727. The van der Waals surface area contributed by atoms with E-state index < -0.39 is 5.91 Å². The van der Waals surface area contributed by atoms with Gasteiger partial charge in [-0.3, -0.25) is 14.6 Å². The number of nitrogens with zero attached hydrogens (tertiary/aromatic N) is 3. The zero-order valence-electron chi connectivity index (χ0n) is 15.2. The van der Waals surface area contributed by atoms with Gasteiger partial charge in [-0.15, -0.1) is 0 Å². The monoisotopic (exact) mass is 344 g/mol. The summed E-state index contributed by atoms with van der Waals surface area (Å²) in [7, 11) is 5.41. The van der Waals surface area contributed by atoms with Gasteiger partial charge in [-0.05, 0) is 39.6 Å². The number of nitrogens with one attached hydrogen (secondary N) is 1. The molecular formula is C18H24N4O3. The largest absolute Gasteiger partial charge is 0.495 e. The second-order valence-corrected chi connectivity index (χ2v) is 6.27. The lowest BCUT2D eigenvalue weighted by Crippen LogP contribution is -2.34. The van der Waals surface area contributed by atoms with E-state index in [1.54, 1.807) is 36.0 Å². The van der Waals surface area contributed by atoms with Crippen LogP contribution in [0.15, 0.2) is 35.5 Å². The Labute approximate surface area is 147 Å². The standard InChI is InChI=1S/C18H24N4O3/c1-12-6-7-22(13(2)11-21(3)4)18(24)16(12)17(23)20-14-8-15(25-5)10-19-9-14/h6-10,13H,11H2,1-5H3,(H,20,23). The molecule has 0 fully saturated rings. The maximum absolute atomic E-state index is 12.8. The minimum Gasteiger partial charge on any atom is -0.495 e. The van der Waals surface area contributed by atoms with Gasteiger partial charge < -0.3 is 19.5 Å². The van der Waals surface area contributed by atoms with E-state index in [2.05, 4.69) is 10.3 Å². The molecule has 1 amide bonds. The summed E-state index contributed by atoms with van der Waals surface area (Å²) >= 11 is 0. The number of ether oxygens (including phenoxy) is 1. The quantitative estimate of drug-likeness (QED) is 0.866. The number of aromatic nitrogens is 2. The molecule has 0 bridgehead atoms. The molecule has 2 aromatic rings. The molecule has 0 saturated carbocycles. The van der Waals surface area contributed by atoms with E-state index in [0.717, 1.165) is 0 Å². The molecule has 1 N–H and O–H groups in total. The Morgan fingerprint density at radius 1 is 1.40 bits per heavy atom. The molecule has 0 saturated heterocycles. The summed E-state index contributed by atoms with van der Waals surface area (Å²) in [5.41, 5.74) is 0.935. The number of rotatable bonds is 6. The lowest BCUT2D eigenvalue weighted by molar-refractivity contribution is 0.102. The number of likely N-dealkylation sites (N-methyl/N-ethyl adjacent to an activating group) is 1. The van der Waals surface area contributed by atoms with Crippen molar-refractivity contribution in [3.8, 4) is 5.75 Å². The van der Waals surface area contributed by atoms with Crippen molar-refractivity contribution in [3.05, 3.63) is 52.2 Å². The Morgan fingerprint density at radius 2 is 2.12 bits per heavy atom. The lowest BCUT2D eigenvalue weighted by atomic mass is 10.1. The summed E-state index contributed by atoms with van der Waals surface area (Å²) in [4.78, 5) is 31.5. The molecule has 0 aliphatic carbocycles. The van der Waals surface area contributed by atoms with Gasteiger partial charge in [0.05, 0.1) is 25.2 Å². The minimum atomic E-state index is -0.455. The normalized spacial score (nSPS) is 12.1. The SMILES string of the molecule is COc1cncc(NC(=O)c2c(C)ccn(C(C)CN(C)C)c2=O)c1. The molecule has 2 aromatic heterocycles. The van der Waals surface area contributed by atoms with E-state index in [9.17, 15) is 9.59 Å². The first-order valence-corrected chi connectivity index (χ1v) is 8.00. The van der Waals surface area contributed by atoms with Gasteiger partial charge in [-0.1, -0.05) is 0 Å². The number of carbonyl (C=O) groups excluding carboxylic acids is 1. The van der Waals surface area contributed by atoms with Crippen LogP contribution in [0.4, 0.5) is 5.69 Å². The maximum Gasteiger partial charge on any atom is 0.263 e. The van der Waals surface area contributed by atoms with E-state index >= 15 is 0 Å². The van der Waals surface area contributed by atoms with Crippen molar-refractivity contribution < 1.29 is 9.53 Å². The fourth-order valence-corrected chi connectivity index (χ4v) is 2.67. The van der Waals surface area contributed by atoms with Gasteiger partial charge in [-0.25, -0.2) is 0 Å². The first-order valence-electron chi connectivity index (χ1n) is 8.00. The molecule has 134 valence electrons. The molecule has 25 heavy (non-hydrogen) atoms. The van der Waals surface area contributed by atoms with Gasteiger partial charge in [0.25, 0.3) is 11.5 Å². The molecule has 7 nitrogen and oxygen atoms in total. The fourth-order valence-electron chi connectivity index (χ4n) is 2.67. The number of hydrogen-bond donors (Lipinski definition) is 1. The number of pyridine rings is 2. The predicted molar refractivity (Wildman–Crippen MR) is 97.4 cm³/mol. The first kappa shape index (κ1) is 18.7. The van der Waals surface area contributed by atoms with Gasteiger partial charge in [-0.2, -0.15) is 0 Å². The van der Waals surface area contributed by atoms with Crippen LogP contribution in [-0.4, -0.2) is 48.1 Å². The third-order valence-corrected chi connectivity index (χ3v) is 3.87. The van der Waals surface area contributed by atoms with Crippen molar-refractivity contribution in [1.29, 1.82) is 0 Å². The van der Waals surface area contributed by atoms with Crippen molar-refractivity contribution in [1.82, 2.24) is 14.5 Å². The molecule has 0 aromatic carbocycles. The highest BCUT2D eigenvalue weighted by atomic mass is 16.5. The van der Waals surface area contributed by atoms with E-state index in [1.165, 1.54) is 13.3 Å². The zero-order valence-corrected chi connectivity index (χ0v) is 15.2. The molecule has 2 rings (SSSR count). The Hall–Kier alpha value is -2.67. The van der Waals surface area contributed by atoms with Crippen LogP contribution >= 0.6 is 0 Å². The highest BCUT2D eigenvalue weighted by Crippen LogP contribution is 2.16. The topological polar surface area (TPSA) is 76.5 Å². The van der Waals surface area contributed by atoms with Crippen LogP contribution in [0.2, 0.25) is 0 Å². The van der Waals surface area contributed by atoms with Crippen LogP contribution in [0, 0.1) is 6.92 Å². The highest BCUT2D eigenvalue weighted by Gasteiger charge is 2.18. The molecule has 0 aliphatic rings. The second kappa shape index (κ2) is 7.94. The molecule has 1 unspecified atom stereocenters. The highest BCUT2D eigenvalue weighted by molar-refractivity contribution is 6.05. The van der Waals surface area contributed by atoms with E-state index in [-0.39, 0.29) is 17.2 Å². The Morgan fingerprint density at radius 3 is 2.76 bits per heavy atom. The number of aryl methyl sites for hydroxylation is 1. The van der Waals surface area contributed by atoms with Crippen molar-refractivity contribution in [2.75, 3.05) is 33.1 Å². The maximum atomic E-state index is 12.8. The van der Waals surface area contributed by atoms with Crippen LogP contribution in [0.1, 0.15) is 28.9 Å². The summed E-state index contributed by atoms with van der Waals surface area (Å²) in [5, 5.41) is 2.72. The molecule has 0 aliphatic heterocycles. The third kappa shape index (κ3) is 4.45.